The number of hydrogen-bond donors (Lipinski definition) is 3. The van der Waals surface area contributed by atoms with Crippen molar-refractivity contribution in [1.82, 2.24) is 4.90 Å². The Kier molecular flexibility index (Phi) is 19.4. The first-order chi connectivity index (χ1) is 27.2. The molecule has 0 amide bonds. The lowest BCUT2D eigenvalue weighted by molar-refractivity contribution is -0.344. The fourth-order valence-corrected chi connectivity index (χ4v) is 8.08. The van der Waals surface area contributed by atoms with Crippen LogP contribution in [0.25, 0.3) is 0 Å². The van der Waals surface area contributed by atoms with Crippen molar-refractivity contribution in [2.24, 2.45) is 17.8 Å². The van der Waals surface area contributed by atoms with Crippen LogP contribution in [0.15, 0.2) is 24.3 Å². The van der Waals surface area contributed by atoms with Crippen molar-refractivity contribution in [1.29, 1.82) is 0 Å². The van der Waals surface area contributed by atoms with Gasteiger partial charge in [-0.15, -0.1) is 0 Å². The first kappa shape index (κ1) is 49.6. The van der Waals surface area contributed by atoms with Crippen molar-refractivity contribution in [3.05, 3.63) is 24.3 Å². The Balaban J connectivity index is 1.98. The maximum absolute atomic E-state index is 13.2. The van der Waals surface area contributed by atoms with Crippen LogP contribution in [0.2, 0.25) is 0 Å². The number of ether oxygens (including phenoxy) is 8. The topological polar surface area (TPSA) is 206 Å². The van der Waals surface area contributed by atoms with E-state index in [2.05, 4.69) is 0 Å². The van der Waals surface area contributed by atoms with Crippen LogP contribution in [-0.2, 0) is 57.1 Å². The minimum Gasteiger partial charge on any atom is -0.462 e. The molecule has 3 N–H and O–H groups in total. The number of allylic oxidation sites excluding steroid dienone is 2. The quantitative estimate of drug-likeness (QED) is 0.147. The maximum Gasteiger partial charge on any atom is 0.309 e. The Bertz CT molecular complexity index is 1390. The summed E-state index contributed by atoms with van der Waals surface area (Å²) in [5.74, 6) is -2.82. The minimum atomic E-state index is -1.50. The van der Waals surface area contributed by atoms with Gasteiger partial charge in [-0.2, -0.15) is 0 Å². The molecular weight excluding hydrogens is 758 g/mol. The second-order valence-corrected chi connectivity index (χ2v) is 17.0. The Morgan fingerprint density at radius 3 is 2.29 bits per heavy atom. The highest BCUT2D eigenvalue weighted by molar-refractivity contribution is 5.72. The number of cyclic esters (lactones) is 1. The normalized spacial score (nSPS) is 40.7. The number of likely N-dealkylation sites (N-methyl/N-ethyl adjacent to an activating group) is 1. The highest BCUT2D eigenvalue weighted by Crippen LogP contribution is 2.38. The van der Waals surface area contributed by atoms with Crippen LogP contribution < -0.4 is 0 Å². The van der Waals surface area contributed by atoms with Gasteiger partial charge in [0.2, 0.25) is 0 Å². The molecule has 0 saturated carbocycles. The molecule has 0 spiro atoms. The molecule has 2 fully saturated rings. The molecule has 16 nitrogen and oxygen atoms in total. The van der Waals surface area contributed by atoms with Gasteiger partial charge >= 0.3 is 17.9 Å². The van der Waals surface area contributed by atoms with E-state index >= 15 is 0 Å². The molecule has 16 heteroatoms. The van der Waals surface area contributed by atoms with Gasteiger partial charge in [-0.05, 0) is 66.0 Å². The number of carbonyl (C=O) groups is 4. The SMILES string of the molecule is CO[C@@H]1[C@H](O[C@H]2O[C@H](C)[C@@H](O[C@@H]3C[C@](C)(O)[C@H](OC(=O)CC(C)C)[C@@H](C)O3)[C@H](N(C)C)[C@H]2O)[C@@H](CC=O)C[C@@H](C)[C@@H](O)/C=C/C=C/C[C@H](C)OC(=O)C[C@@H]1OC(C)=O. The molecule has 3 rings (SSSR count). The lowest BCUT2D eigenvalue weighted by Gasteiger charge is -2.50. The lowest BCUT2D eigenvalue weighted by Crippen LogP contribution is -2.66. The fraction of sp³-hybridized carbons (Fsp3) is 0.810. The second-order valence-electron chi connectivity index (χ2n) is 17.0. The summed E-state index contributed by atoms with van der Waals surface area (Å²) in [5.41, 5.74) is -1.50. The summed E-state index contributed by atoms with van der Waals surface area (Å²) in [6.07, 6.45) is -4.11. The van der Waals surface area contributed by atoms with Gasteiger partial charge in [0.25, 0.3) is 0 Å². The minimum absolute atomic E-state index is 0.0460. The third kappa shape index (κ3) is 14.2. The van der Waals surface area contributed by atoms with Crippen LogP contribution in [0.1, 0.15) is 93.9 Å². The van der Waals surface area contributed by atoms with Crippen LogP contribution in [-0.4, -0.2) is 151 Å². The molecule has 0 unspecified atom stereocenters. The van der Waals surface area contributed by atoms with Crippen molar-refractivity contribution in [3.8, 4) is 0 Å². The first-order valence-electron chi connectivity index (χ1n) is 20.4. The molecule has 2 saturated heterocycles. The third-order valence-electron chi connectivity index (χ3n) is 10.9. The Hall–Kier alpha value is -2.80. The standard InChI is InChI=1S/C42H69NO15/c1-23(2)19-32(47)56-40-27(6)53-34(22-42(40,8)50)57-37-26(5)54-41(36(49)35(37)43(9)10)58-38-29(17-18-44)20-24(3)30(46)16-14-12-13-15-25(4)52-33(48)21-31(39(38)51-11)55-28(7)45/h12-14,16,18,23-27,29-31,34-41,46,49-50H,15,17,19-22H2,1-11H3/b13-12+,16-14+/t24-,25+,26-,27-,29+,30+,31+,34-,35-,36-,37-,38-,39+,40-,41-,42+/m1/s1. The molecule has 0 radical (unpaired) electrons. The van der Waals surface area contributed by atoms with Gasteiger partial charge in [-0.3, -0.25) is 14.4 Å². The zero-order chi connectivity index (χ0) is 43.5. The maximum atomic E-state index is 13.2. The van der Waals surface area contributed by atoms with Crippen molar-refractivity contribution in [2.45, 2.75) is 179 Å². The number of aliphatic hydroxyl groups is 3. The summed E-state index contributed by atoms with van der Waals surface area (Å²) in [6, 6.07) is -0.782. The Morgan fingerprint density at radius 1 is 1.02 bits per heavy atom. The number of aldehydes is 1. The summed E-state index contributed by atoms with van der Waals surface area (Å²) < 4.78 is 48.6. The summed E-state index contributed by atoms with van der Waals surface area (Å²) in [7, 11) is 4.86. The smallest absolute Gasteiger partial charge is 0.309 e. The van der Waals surface area contributed by atoms with Gasteiger partial charge < -0.3 is 62.9 Å². The monoisotopic (exact) mass is 827 g/mol. The molecular formula is C42H69NO15. The summed E-state index contributed by atoms with van der Waals surface area (Å²) in [5, 5.41) is 34.6. The zero-order valence-electron chi connectivity index (χ0n) is 36.1. The molecule has 332 valence electrons. The van der Waals surface area contributed by atoms with Crippen molar-refractivity contribution in [2.75, 3.05) is 21.2 Å². The van der Waals surface area contributed by atoms with E-state index in [0.29, 0.717) is 12.7 Å². The predicted molar refractivity (Wildman–Crippen MR) is 210 cm³/mol. The van der Waals surface area contributed by atoms with E-state index in [9.17, 15) is 34.5 Å². The number of hydrogen-bond acceptors (Lipinski definition) is 16. The van der Waals surface area contributed by atoms with Crippen LogP contribution in [0, 0.1) is 17.8 Å². The van der Waals surface area contributed by atoms with E-state index in [4.69, 9.17) is 37.9 Å². The number of aliphatic hydroxyl groups excluding tert-OH is 2. The van der Waals surface area contributed by atoms with E-state index in [1.165, 1.54) is 14.0 Å². The number of methoxy groups -OCH3 is 1. The number of rotatable bonds is 12. The molecule has 0 aromatic rings. The average Bonchev–Trinajstić information content (AvgIpc) is 3.09. The third-order valence-corrected chi connectivity index (χ3v) is 10.9. The first-order valence-corrected chi connectivity index (χ1v) is 20.4. The van der Waals surface area contributed by atoms with Crippen LogP contribution >= 0.6 is 0 Å². The number of esters is 3. The number of nitrogens with zero attached hydrogens (tertiary/aromatic N) is 1. The van der Waals surface area contributed by atoms with Gasteiger partial charge in [-0.1, -0.05) is 45.1 Å². The van der Waals surface area contributed by atoms with Crippen molar-refractivity contribution >= 4 is 24.2 Å². The highest BCUT2D eigenvalue weighted by atomic mass is 16.7. The van der Waals surface area contributed by atoms with E-state index < -0.39 is 121 Å². The summed E-state index contributed by atoms with van der Waals surface area (Å²) in [4.78, 5) is 52.3. The van der Waals surface area contributed by atoms with E-state index in [1.807, 2.05) is 20.8 Å². The van der Waals surface area contributed by atoms with E-state index in [-0.39, 0.29) is 31.6 Å². The molecule has 0 aromatic carbocycles. The summed E-state index contributed by atoms with van der Waals surface area (Å²) in [6.45, 7) is 13.5. The molecule has 0 aromatic heterocycles. The van der Waals surface area contributed by atoms with Crippen molar-refractivity contribution in [3.63, 3.8) is 0 Å². The zero-order valence-corrected chi connectivity index (χ0v) is 36.1. The molecule has 0 bridgehead atoms. The van der Waals surface area contributed by atoms with Gasteiger partial charge in [0.15, 0.2) is 18.7 Å². The lowest BCUT2D eigenvalue weighted by atomic mass is 9.82. The molecule has 16 atom stereocenters. The summed E-state index contributed by atoms with van der Waals surface area (Å²) >= 11 is 0. The molecule has 3 heterocycles. The fourth-order valence-electron chi connectivity index (χ4n) is 8.08. The van der Waals surface area contributed by atoms with E-state index in [0.717, 1.165) is 0 Å². The van der Waals surface area contributed by atoms with Gasteiger partial charge in [0.1, 0.15) is 42.4 Å². The molecule has 3 aliphatic rings. The van der Waals surface area contributed by atoms with Crippen LogP contribution in [0.3, 0.4) is 0 Å². The Morgan fingerprint density at radius 2 is 1.71 bits per heavy atom. The molecule has 58 heavy (non-hydrogen) atoms. The van der Waals surface area contributed by atoms with E-state index in [1.54, 1.807) is 71.0 Å². The largest absolute Gasteiger partial charge is 0.462 e. The highest BCUT2D eigenvalue weighted by Gasteiger charge is 2.53. The van der Waals surface area contributed by atoms with Gasteiger partial charge in [0, 0.05) is 39.7 Å². The number of carbonyl (C=O) groups excluding carboxylic acids is 4. The van der Waals surface area contributed by atoms with Gasteiger partial charge in [0.05, 0.1) is 36.9 Å². The van der Waals surface area contributed by atoms with Crippen LogP contribution in [0.4, 0.5) is 0 Å². The van der Waals surface area contributed by atoms with Crippen LogP contribution in [0.5, 0.6) is 0 Å². The van der Waals surface area contributed by atoms with Gasteiger partial charge in [-0.25, -0.2) is 0 Å². The Labute approximate surface area is 343 Å². The molecule has 3 aliphatic heterocycles. The predicted octanol–water partition coefficient (Wildman–Crippen LogP) is 3.01. The van der Waals surface area contributed by atoms with Crippen molar-refractivity contribution < 1.29 is 72.4 Å². The molecule has 0 aliphatic carbocycles. The average molecular weight is 828 g/mol. The second kappa shape index (κ2) is 22.7.